The van der Waals surface area contributed by atoms with Crippen molar-refractivity contribution in [3.63, 3.8) is 0 Å². The zero-order valence-corrected chi connectivity index (χ0v) is 10.9. The smallest absolute Gasteiger partial charge is 0.0745 e. The Hall–Kier alpha value is -1.32. The maximum atomic E-state index is 9.44. The van der Waals surface area contributed by atoms with Gasteiger partial charge < -0.3 is 10.4 Å². The first-order chi connectivity index (χ1) is 8.29. The highest BCUT2D eigenvalue weighted by Gasteiger charge is 2.09. The Bertz CT molecular complexity index is 455. The molecule has 0 fully saturated rings. The van der Waals surface area contributed by atoms with Crippen molar-refractivity contribution in [1.82, 2.24) is 0 Å². The number of rotatable bonds is 4. The van der Waals surface area contributed by atoms with E-state index in [9.17, 15) is 5.11 Å². The van der Waals surface area contributed by atoms with Crippen LogP contribution < -0.4 is 5.32 Å². The Kier molecular flexibility index (Phi) is 4.18. The molecule has 0 aromatic heterocycles. The van der Waals surface area contributed by atoms with Crippen molar-refractivity contribution in [3.8, 4) is 0 Å². The van der Waals surface area contributed by atoms with E-state index in [0.717, 1.165) is 15.7 Å². The van der Waals surface area contributed by atoms with Crippen molar-refractivity contribution in [1.29, 1.82) is 0 Å². The molecule has 2 aromatic carbocycles. The average molecular weight is 292 g/mol. The van der Waals surface area contributed by atoms with E-state index in [1.807, 2.05) is 54.6 Å². The van der Waals surface area contributed by atoms with Crippen LogP contribution in [0.1, 0.15) is 11.6 Å². The lowest BCUT2D eigenvalue weighted by molar-refractivity contribution is 0.276. The molecule has 0 saturated carbocycles. The van der Waals surface area contributed by atoms with Gasteiger partial charge in [-0.3, -0.25) is 0 Å². The molecule has 2 nitrogen and oxygen atoms in total. The van der Waals surface area contributed by atoms with Gasteiger partial charge >= 0.3 is 0 Å². The van der Waals surface area contributed by atoms with E-state index in [4.69, 9.17) is 0 Å². The Morgan fingerprint density at radius 3 is 2.24 bits per heavy atom. The minimum atomic E-state index is -0.0782. The average Bonchev–Trinajstić information content (AvgIpc) is 2.38. The van der Waals surface area contributed by atoms with E-state index in [1.165, 1.54) is 0 Å². The summed E-state index contributed by atoms with van der Waals surface area (Å²) in [5, 5.41) is 12.7. The summed E-state index contributed by atoms with van der Waals surface area (Å²) in [6, 6.07) is 17.8. The topological polar surface area (TPSA) is 32.3 Å². The lowest BCUT2D eigenvalue weighted by atomic mass is 10.1. The summed E-state index contributed by atoms with van der Waals surface area (Å²) in [4.78, 5) is 0. The summed E-state index contributed by atoms with van der Waals surface area (Å²) in [5.74, 6) is 0. The van der Waals surface area contributed by atoms with Gasteiger partial charge in [-0.15, -0.1) is 0 Å². The number of para-hydroxylation sites is 1. The van der Waals surface area contributed by atoms with Crippen molar-refractivity contribution in [3.05, 3.63) is 64.6 Å². The summed E-state index contributed by atoms with van der Waals surface area (Å²) in [5.41, 5.74) is 2.08. The minimum absolute atomic E-state index is 0.0660. The Morgan fingerprint density at radius 1 is 1.00 bits per heavy atom. The molecular weight excluding hydrogens is 278 g/mol. The van der Waals surface area contributed by atoms with Gasteiger partial charge in [0.15, 0.2) is 0 Å². The summed E-state index contributed by atoms with van der Waals surface area (Å²) in [6.07, 6.45) is 0. The fourth-order valence-corrected chi connectivity index (χ4v) is 1.93. The molecule has 0 heterocycles. The molecule has 1 atom stereocenters. The summed E-state index contributed by atoms with van der Waals surface area (Å²) in [6.45, 7) is 0.0660. The van der Waals surface area contributed by atoms with Crippen molar-refractivity contribution in [2.24, 2.45) is 0 Å². The van der Waals surface area contributed by atoms with Crippen LogP contribution in [0.4, 0.5) is 5.69 Å². The number of hydrogen-bond donors (Lipinski definition) is 2. The van der Waals surface area contributed by atoms with Crippen molar-refractivity contribution >= 4 is 21.6 Å². The van der Waals surface area contributed by atoms with Gasteiger partial charge in [0, 0.05) is 10.2 Å². The molecular formula is C14H14BrNO. The minimum Gasteiger partial charge on any atom is -0.394 e. The molecule has 3 heteroatoms. The highest BCUT2D eigenvalue weighted by atomic mass is 79.9. The summed E-state index contributed by atoms with van der Waals surface area (Å²) >= 11 is 3.40. The number of aliphatic hydroxyl groups excluding tert-OH is 1. The van der Waals surface area contributed by atoms with E-state index in [-0.39, 0.29) is 12.6 Å². The fraction of sp³-hybridized carbons (Fsp3) is 0.143. The van der Waals surface area contributed by atoms with Crippen LogP contribution in [-0.4, -0.2) is 11.7 Å². The molecule has 0 unspecified atom stereocenters. The van der Waals surface area contributed by atoms with Gasteiger partial charge in [-0.05, 0) is 29.8 Å². The standard InChI is InChI=1S/C14H14BrNO/c15-12-8-6-11(7-9-12)14(10-17)16-13-4-2-1-3-5-13/h1-9,14,16-17H,10H2/t14-/m1/s1. The highest BCUT2D eigenvalue weighted by Crippen LogP contribution is 2.20. The monoisotopic (exact) mass is 291 g/mol. The first-order valence-electron chi connectivity index (χ1n) is 5.47. The van der Waals surface area contributed by atoms with Gasteiger partial charge in [-0.1, -0.05) is 46.3 Å². The quantitative estimate of drug-likeness (QED) is 0.902. The summed E-state index contributed by atoms with van der Waals surface area (Å²) in [7, 11) is 0. The van der Waals surface area contributed by atoms with Crippen LogP contribution in [0, 0.1) is 0 Å². The molecule has 0 aliphatic carbocycles. The van der Waals surface area contributed by atoms with Crippen LogP contribution in [-0.2, 0) is 0 Å². The van der Waals surface area contributed by atoms with Gasteiger partial charge in [0.2, 0.25) is 0 Å². The lowest BCUT2D eigenvalue weighted by Crippen LogP contribution is -2.14. The molecule has 17 heavy (non-hydrogen) atoms. The van der Waals surface area contributed by atoms with Gasteiger partial charge in [0.05, 0.1) is 12.6 Å². The second-order valence-corrected chi connectivity index (χ2v) is 4.71. The molecule has 88 valence electrons. The highest BCUT2D eigenvalue weighted by molar-refractivity contribution is 9.10. The van der Waals surface area contributed by atoms with E-state index in [1.54, 1.807) is 0 Å². The Balaban J connectivity index is 2.14. The van der Waals surface area contributed by atoms with E-state index >= 15 is 0 Å². The lowest BCUT2D eigenvalue weighted by Gasteiger charge is -2.18. The number of halogens is 1. The third kappa shape index (κ3) is 3.32. The van der Waals surface area contributed by atoms with Crippen molar-refractivity contribution in [2.45, 2.75) is 6.04 Å². The second-order valence-electron chi connectivity index (χ2n) is 3.80. The van der Waals surface area contributed by atoms with Crippen LogP contribution in [0.5, 0.6) is 0 Å². The molecule has 0 bridgehead atoms. The number of aliphatic hydroxyl groups is 1. The van der Waals surface area contributed by atoms with E-state index < -0.39 is 0 Å². The maximum Gasteiger partial charge on any atom is 0.0745 e. The van der Waals surface area contributed by atoms with Gasteiger partial charge in [-0.25, -0.2) is 0 Å². The van der Waals surface area contributed by atoms with Crippen LogP contribution in [0.15, 0.2) is 59.1 Å². The predicted octanol–water partition coefficient (Wildman–Crippen LogP) is 3.59. The number of anilines is 1. The maximum absolute atomic E-state index is 9.44. The van der Waals surface area contributed by atoms with Crippen LogP contribution in [0.2, 0.25) is 0 Å². The molecule has 0 aliphatic rings. The molecule has 2 rings (SSSR count). The summed E-state index contributed by atoms with van der Waals surface area (Å²) < 4.78 is 1.04. The second kappa shape index (κ2) is 5.84. The van der Waals surface area contributed by atoms with Crippen molar-refractivity contribution < 1.29 is 5.11 Å². The molecule has 0 radical (unpaired) electrons. The van der Waals surface area contributed by atoms with Crippen LogP contribution in [0.25, 0.3) is 0 Å². The molecule has 0 spiro atoms. The van der Waals surface area contributed by atoms with E-state index in [0.29, 0.717) is 0 Å². The predicted molar refractivity (Wildman–Crippen MR) is 74.0 cm³/mol. The first kappa shape index (κ1) is 12.1. The molecule has 2 aromatic rings. The largest absolute Gasteiger partial charge is 0.394 e. The zero-order chi connectivity index (χ0) is 12.1. The van der Waals surface area contributed by atoms with Crippen molar-refractivity contribution in [2.75, 3.05) is 11.9 Å². The van der Waals surface area contributed by atoms with Gasteiger partial charge in [-0.2, -0.15) is 0 Å². The third-order valence-electron chi connectivity index (χ3n) is 2.57. The first-order valence-corrected chi connectivity index (χ1v) is 6.27. The number of hydrogen-bond acceptors (Lipinski definition) is 2. The fourth-order valence-electron chi connectivity index (χ4n) is 1.67. The Morgan fingerprint density at radius 2 is 1.65 bits per heavy atom. The molecule has 0 saturated heterocycles. The van der Waals surface area contributed by atoms with Crippen LogP contribution >= 0.6 is 15.9 Å². The normalized spacial score (nSPS) is 12.1. The number of benzene rings is 2. The number of nitrogens with one attached hydrogen (secondary N) is 1. The van der Waals surface area contributed by atoms with E-state index in [2.05, 4.69) is 21.2 Å². The SMILES string of the molecule is OC[C@@H](Nc1ccccc1)c1ccc(Br)cc1. The van der Waals surface area contributed by atoms with Crippen LogP contribution in [0.3, 0.4) is 0 Å². The van der Waals surface area contributed by atoms with Gasteiger partial charge in [0.25, 0.3) is 0 Å². The Labute approximate surface area is 109 Å². The molecule has 2 N–H and O–H groups in total. The zero-order valence-electron chi connectivity index (χ0n) is 9.31. The molecule has 0 aliphatic heterocycles. The molecule has 0 amide bonds. The third-order valence-corrected chi connectivity index (χ3v) is 3.10. The van der Waals surface area contributed by atoms with Gasteiger partial charge in [0.1, 0.15) is 0 Å².